The van der Waals surface area contributed by atoms with Gasteiger partial charge in [-0.25, -0.2) is 0 Å². The molecule has 1 aromatic carbocycles. The number of phenolic OH excluding ortho intramolecular Hbond substituents is 1. The number of hydrogen-bond donors (Lipinski definition) is 2. The number of anilines is 1. The number of amides is 2. The molecule has 8 heteroatoms. The molecule has 3 N–H and O–H groups in total. The molecular weight excluding hydrogens is 254 g/mol. The van der Waals surface area contributed by atoms with Crippen molar-refractivity contribution in [2.24, 2.45) is 11.7 Å². The van der Waals surface area contributed by atoms with Crippen molar-refractivity contribution in [1.29, 1.82) is 0 Å². The van der Waals surface area contributed by atoms with Crippen molar-refractivity contribution in [1.82, 2.24) is 0 Å². The fourth-order valence-electron chi connectivity index (χ4n) is 2.06. The molecule has 100 valence electrons. The molecule has 1 aliphatic heterocycles. The zero-order chi connectivity index (χ0) is 14.2. The number of hydrogen-bond acceptors (Lipinski definition) is 5. The number of carbonyl (C=O) groups is 2. The molecule has 1 atom stereocenters. The van der Waals surface area contributed by atoms with E-state index in [2.05, 4.69) is 0 Å². The molecule has 1 unspecified atom stereocenters. The molecular formula is C11H11N3O5. The van der Waals surface area contributed by atoms with Gasteiger partial charge in [0.2, 0.25) is 11.8 Å². The quantitative estimate of drug-likeness (QED) is 0.593. The van der Waals surface area contributed by atoms with Crippen LogP contribution in [-0.4, -0.2) is 28.4 Å². The van der Waals surface area contributed by atoms with E-state index in [-0.39, 0.29) is 24.4 Å². The van der Waals surface area contributed by atoms with Crippen LogP contribution in [0.5, 0.6) is 5.75 Å². The minimum Gasteiger partial charge on any atom is -0.505 e. The molecule has 0 aliphatic carbocycles. The lowest BCUT2D eigenvalue weighted by Crippen LogP contribution is -2.28. The summed E-state index contributed by atoms with van der Waals surface area (Å²) in [4.78, 5) is 34.1. The van der Waals surface area contributed by atoms with E-state index in [1.54, 1.807) is 0 Å². The Kier molecular flexibility index (Phi) is 3.07. The number of aromatic hydroxyl groups is 1. The molecule has 0 aromatic heterocycles. The van der Waals surface area contributed by atoms with Crippen LogP contribution in [0.3, 0.4) is 0 Å². The van der Waals surface area contributed by atoms with E-state index in [4.69, 9.17) is 5.73 Å². The lowest BCUT2D eigenvalue weighted by molar-refractivity contribution is -0.384. The summed E-state index contributed by atoms with van der Waals surface area (Å²) in [5, 5.41) is 20.6. The Labute approximate surface area is 107 Å². The van der Waals surface area contributed by atoms with Crippen molar-refractivity contribution < 1.29 is 19.6 Å². The molecule has 0 radical (unpaired) electrons. The Morgan fingerprint density at radius 3 is 2.74 bits per heavy atom. The first-order valence-corrected chi connectivity index (χ1v) is 5.48. The minimum atomic E-state index is -0.702. The number of para-hydroxylation sites is 1. The molecule has 1 heterocycles. The highest BCUT2D eigenvalue weighted by Gasteiger charge is 2.38. The molecule has 1 saturated heterocycles. The Bertz CT molecular complexity index is 571. The van der Waals surface area contributed by atoms with Crippen molar-refractivity contribution in [3.63, 3.8) is 0 Å². The molecule has 8 nitrogen and oxygen atoms in total. The lowest BCUT2D eigenvalue weighted by Gasteiger charge is -2.17. The number of nitrogens with zero attached hydrogens (tertiary/aromatic N) is 2. The average molecular weight is 265 g/mol. The van der Waals surface area contributed by atoms with Gasteiger partial charge in [0.05, 0.1) is 10.8 Å². The molecule has 0 saturated carbocycles. The van der Waals surface area contributed by atoms with Gasteiger partial charge in [0, 0.05) is 19.0 Å². The van der Waals surface area contributed by atoms with Crippen LogP contribution < -0.4 is 10.6 Å². The highest BCUT2D eigenvalue weighted by Crippen LogP contribution is 2.39. The predicted octanol–water partition coefficient (Wildman–Crippen LogP) is 0.139. The molecule has 1 fully saturated rings. The number of nitro benzene ring substituents is 1. The van der Waals surface area contributed by atoms with Gasteiger partial charge in [-0.3, -0.25) is 19.7 Å². The first kappa shape index (κ1) is 12.8. The van der Waals surface area contributed by atoms with E-state index in [0.717, 1.165) is 4.90 Å². The number of phenols is 1. The number of nitro groups is 1. The van der Waals surface area contributed by atoms with Crippen LogP contribution in [0.25, 0.3) is 0 Å². The topological polar surface area (TPSA) is 127 Å². The number of nitrogens with two attached hydrogens (primary N) is 1. The van der Waals surface area contributed by atoms with Gasteiger partial charge in [0.25, 0.3) is 5.69 Å². The van der Waals surface area contributed by atoms with Gasteiger partial charge in [0.15, 0.2) is 5.69 Å². The fraction of sp³-hybridized carbons (Fsp3) is 0.273. The second kappa shape index (κ2) is 4.56. The van der Waals surface area contributed by atoms with Crippen molar-refractivity contribution in [2.45, 2.75) is 6.42 Å². The predicted molar refractivity (Wildman–Crippen MR) is 64.4 cm³/mol. The maximum Gasteiger partial charge on any atom is 0.296 e. The van der Waals surface area contributed by atoms with Crippen molar-refractivity contribution in [2.75, 3.05) is 11.4 Å². The SMILES string of the molecule is NC(=O)C1CC(=O)N(c2c(O)cccc2[N+](=O)[O-])C1. The fourth-order valence-corrected chi connectivity index (χ4v) is 2.06. The minimum absolute atomic E-state index is 0.0629. The van der Waals surface area contributed by atoms with E-state index in [1.807, 2.05) is 0 Å². The van der Waals surface area contributed by atoms with Gasteiger partial charge in [-0.15, -0.1) is 0 Å². The summed E-state index contributed by atoms with van der Waals surface area (Å²) in [5.74, 6) is -2.21. The summed E-state index contributed by atoms with van der Waals surface area (Å²) < 4.78 is 0. The van der Waals surface area contributed by atoms with Crippen molar-refractivity contribution >= 4 is 23.2 Å². The van der Waals surface area contributed by atoms with Crippen LogP contribution in [0, 0.1) is 16.0 Å². The van der Waals surface area contributed by atoms with Crippen LogP contribution in [-0.2, 0) is 9.59 Å². The maximum atomic E-state index is 11.8. The van der Waals surface area contributed by atoms with Crippen LogP contribution in [0.1, 0.15) is 6.42 Å². The Morgan fingerprint density at radius 1 is 1.53 bits per heavy atom. The van der Waals surface area contributed by atoms with E-state index >= 15 is 0 Å². The third-order valence-corrected chi connectivity index (χ3v) is 2.99. The Hall–Kier alpha value is -2.64. The van der Waals surface area contributed by atoms with E-state index in [1.165, 1.54) is 18.2 Å². The number of primary amides is 1. The Balaban J connectivity index is 2.45. The zero-order valence-corrected chi connectivity index (χ0v) is 9.78. The molecule has 19 heavy (non-hydrogen) atoms. The molecule has 0 bridgehead atoms. The van der Waals surface area contributed by atoms with Gasteiger partial charge in [-0.2, -0.15) is 0 Å². The van der Waals surface area contributed by atoms with Gasteiger partial charge >= 0.3 is 0 Å². The second-order valence-electron chi connectivity index (χ2n) is 4.21. The monoisotopic (exact) mass is 265 g/mol. The van der Waals surface area contributed by atoms with Gasteiger partial charge < -0.3 is 15.7 Å². The highest BCUT2D eigenvalue weighted by atomic mass is 16.6. The van der Waals surface area contributed by atoms with E-state index in [9.17, 15) is 24.8 Å². The molecule has 1 aliphatic rings. The van der Waals surface area contributed by atoms with E-state index < -0.39 is 28.3 Å². The maximum absolute atomic E-state index is 11.8. The third kappa shape index (κ3) is 2.19. The smallest absolute Gasteiger partial charge is 0.296 e. The molecule has 1 aromatic rings. The van der Waals surface area contributed by atoms with Gasteiger partial charge in [-0.1, -0.05) is 6.07 Å². The summed E-state index contributed by atoms with van der Waals surface area (Å²) in [6.45, 7) is -0.0629. The summed E-state index contributed by atoms with van der Waals surface area (Å²) >= 11 is 0. The average Bonchev–Trinajstić information content (AvgIpc) is 2.71. The van der Waals surface area contributed by atoms with E-state index in [0.29, 0.717) is 0 Å². The number of rotatable bonds is 3. The van der Waals surface area contributed by atoms with Crippen LogP contribution in [0.4, 0.5) is 11.4 Å². The zero-order valence-electron chi connectivity index (χ0n) is 9.78. The van der Waals surface area contributed by atoms with Crippen LogP contribution >= 0.6 is 0 Å². The highest BCUT2D eigenvalue weighted by molar-refractivity contribution is 6.02. The number of benzene rings is 1. The summed E-state index contributed by atoms with van der Waals surface area (Å²) in [6, 6.07) is 3.73. The largest absolute Gasteiger partial charge is 0.505 e. The standard InChI is InChI=1S/C11H11N3O5/c12-11(17)6-4-9(16)13(5-6)10-7(14(18)19)2-1-3-8(10)15/h1-3,6,15H,4-5H2,(H2,12,17). The van der Waals surface area contributed by atoms with Crippen molar-refractivity contribution in [3.05, 3.63) is 28.3 Å². The Morgan fingerprint density at radius 2 is 2.21 bits per heavy atom. The van der Waals surface area contributed by atoms with Crippen LogP contribution in [0.2, 0.25) is 0 Å². The van der Waals surface area contributed by atoms with Gasteiger partial charge in [0.1, 0.15) is 5.75 Å². The summed E-state index contributed by atoms with van der Waals surface area (Å²) in [7, 11) is 0. The summed E-state index contributed by atoms with van der Waals surface area (Å²) in [6.07, 6.45) is -0.110. The lowest BCUT2D eigenvalue weighted by atomic mass is 10.1. The molecule has 2 amide bonds. The van der Waals surface area contributed by atoms with Crippen LogP contribution in [0.15, 0.2) is 18.2 Å². The molecule has 0 spiro atoms. The first-order valence-electron chi connectivity index (χ1n) is 5.48. The number of carbonyl (C=O) groups excluding carboxylic acids is 2. The summed E-state index contributed by atoms with van der Waals surface area (Å²) in [5.41, 5.74) is 4.54. The first-order chi connectivity index (χ1) is 8.91. The molecule has 2 rings (SSSR count). The van der Waals surface area contributed by atoms with Crippen molar-refractivity contribution in [3.8, 4) is 5.75 Å². The van der Waals surface area contributed by atoms with Gasteiger partial charge in [-0.05, 0) is 6.07 Å². The normalized spacial score (nSPS) is 18.6. The second-order valence-corrected chi connectivity index (χ2v) is 4.21. The third-order valence-electron chi connectivity index (χ3n) is 2.99.